The first-order chi connectivity index (χ1) is 11.6. The molecule has 1 saturated heterocycles. The van der Waals surface area contributed by atoms with Crippen LogP contribution >= 0.6 is 0 Å². The number of rotatable bonds is 4. The van der Waals surface area contributed by atoms with Crippen LogP contribution in [0.5, 0.6) is 0 Å². The zero-order valence-electron chi connectivity index (χ0n) is 13.1. The summed E-state index contributed by atoms with van der Waals surface area (Å²) in [7, 11) is -5.57. The third-order valence-corrected chi connectivity index (χ3v) is 4.94. The predicted octanol–water partition coefficient (Wildman–Crippen LogP) is 2.15. The number of piperidine rings is 1. The number of likely N-dealkylation sites (tertiary alicyclic amines) is 1. The number of para-hydroxylation sites is 1. The van der Waals surface area contributed by atoms with Gasteiger partial charge in [-0.25, -0.2) is 0 Å². The number of hydrogen-bond donors (Lipinski definition) is 2. The number of carbonyl (C=O) groups excluding carboxylic acids is 1. The van der Waals surface area contributed by atoms with Crippen molar-refractivity contribution in [3.63, 3.8) is 0 Å². The molecular formula is C14H16F3N3O4S. The minimum Gasteiger partial charge on any atom is -0.410 e. The van der Waals surface area contributed by atoms with E-state index in [1.54, 1.807) is 6.92 Å². The van der Waals surface area contributed by atoms with Gasteiger partial charge < -0.3 is 10.1 Å². The fourth-order valence-corrected chi connectivity index (χ4v) is 3.02. The van der Waals surface area contributed by atoms with Crippen molar-refractivity contribution in [3.05, 3.63) is 29.8 Å². The molecule has 11 heteroatoms. The first-order valence-corrected chi connectivity index (χ1v) is 8.73. The van der Waals surface area contributed by atoms with Crippen LogP contribution in [-0.2, 0) is 21.4 Å². The van der Waals surface area contributed by atoms with Crippen LogP contribution in [0.2, 0.25) is 0 Å². The Morgan fingerprint density at radius 3 is 2.60 bits per heavy atom. The van der Waals surface area contributed by atoms with Crippen LogP contribution in [-0.4, -0.2) is 42.2 Å². The zero-order valence-corrected chi connectivity index (χ0v) is 13.9. The molecule has 1 unspecified atom stereocenters. The Bertz CT molecular complexity index is 793. The molecule has 1 heterocycles. The zero-order chi connectivity index (χ0) is 18.8. The van der Waals surface area contributed by atoms with E-state index < -0.39 is 21.4 Å². The molecule has 0 spiro atoms. The standard InChI is InChI=1S/C14H16F3N3O4S/c1-9-6-7-20(13(21)12(9)18-22)8-10-4-2-3-5-11(10)19-25(23,24)14(15,16)17/h2-5,9,19,22H,6-8H2,1H3/b18-12-. The Hall–Kier alpha value is -2.30. The second-order valence-corrected chi connectivity index (χ2v) is 7.28. The van der Waals surface area contributed by atoms with Gasteiger partial charge in [0.15, 0.2) is 0 Å². The van der Waals surface area contributed by atoms with Crippen molar-refractivity contribution >= 4 is 27.3 Å². The molecule has 0 bridgehead atoms. The largest absolute Gasteiger partial charge is 0.516 e. The van der Waals surface area contributed by atoms with E-state index >= 15 is 0 Å². The third kappa shape index (κ3) is 4.03. The van der Waals surface area contributed by atoms with Gasteiger partial charge in [0, 0.05) is 19.0 Å². The highest BCUT2D eigenvalue weighted by Crippen LogP contribution is 2.28. The lowest BCUT2D eigenvalue weighted by Crippen LogP contribution is -2.45. The van der Waals surface area contributed by atoms with Gasteiger partial charge in [-0.1, -0.05) is 30.3 Å². The highest BCUT2D eigenvalue weighted by atomic mass is 32.2. The summed E-state index contributed by atoms with van der Waals surface area (Å²) in [5.41, 5.74) is -5.57. The van der Waals surface area contributed by atoms with E-state index in [-0.39, 0.29) is 29.4 Å². The number of oxime groups is 1. The van der Waals surface area contributed by atoms with Gasteiger partial charge in [0.2, 0.25) is 0 Å². The molecule has 2 rings (SSSR count). The molecule has 1 aromatic rings. The van der Waals surface area contributed by atoms with Gasteiger partial charge >= 0.3 is 15.5 Å². The van der Waals surface area contributed by atoms with Crippen molar-refractivity contribution in [2.75, 3.05) is 11.3 Å². The predicted molar refractivity (Wildman–Crippen MR) is 83.5 cm³/mol. The average molecular weight is 379 g/mol. The van der Waals surface area contributed by atoms with Crippen LogP contribution < -0.4 is 4.72 Å². The van der Waals surface area contributed by atoms with Crippen LogP contribution in [0.4, 0.5) is 18.9 Å². The summed E-state index contributed by atoms with van der Waals surface area (Å²) in [6.45, 7) is 1.90. The van der Waals surface area contributed by atoms with E-state index in [4.69, 9.17) is 5.21 Å². The fraction of sp³-hybridized carbons (Fsp3) is 0.429. The highest BCUT2D eigenvalue weighted by Gasteiger charge is 2.46. The number of nitrogens with zero attached hydrogens (tertiary/aromatic N) is 2. The maximum atomic E-state index is 12.6. The van der Waals surface area contributed by atoms with E-state index in [0.29, 0.717) is 13.0 Å². The van der Waals surface area contributed by atoms with Crippen molar-refractivity contribution < 1.29 is 31.6 Å². The van der Waals surface area contributed by atoms with E-state index in [2.05, 4.69) is 5.16 Å². The molecule has 1 aliphatic rings. The number of amides is 1. The van der Waals surface area contributed by atoms with Crippen LogP contribution in [0.1, 0.15) is 18.9 Å². The van der Waals surface area contributed by atoms with Gasteiger partial charge in [-0.2, -0.15) is 21.6 Å². The Balaban J connectivity index is 2.26. The van der Waals surface area contributed by atoms with Crippen molar-refractivity contribution in [1.82, 2.24) is 4.90 Å². The lowest BCUT2D eigenvalue weighted by molar-refractivity contribution is -0.126. The molecule has 0 aromatic heterocycles. The van der Waals surface area contributed by atoms with E-state index in [9.17, 15) is 26.4 Å². The normalized spacial score (nSPS) is 20.8. The first kappa shape index (κ1) is 19.0. The lowest BCUT2D eigenvalue weighted by Gasteiger charge is -2.31. The lowest BCUT2D eigenvalue weighted by atomic mass is 9.95. The molecule has 1 aromatic carbocycles. The number of halogens is 3. The number of nitrogens with one attached hydrogen (secondary N) is 1. The summed E-state index contributed by atoms with van der Waals surface area (Å²) in [6, 6.07) is 5.48. The third-order valence-electron chi connectivity index (χ3n) is 3.84. The van der Waals surface area contributed by atoms with Gasteiger partial charge in [0.05, 0.1) is 5.69 Å². The summed E-state index contributed by atoms with van der Waals surface area (Å²) in [5.74, 6) is -0.789. The molecule has 1 fully saturated rings. The molecular weight excluding hydrogens is 363 g/mol. The Morgan fingerprint density at radius 1 is 1.36 bits per heavy atom. The van der Waals surface area contributed by atoms with Crippen LogP contribution in [0.15, 0.2) is 29.4 Å². The number of benzene rings is 1. The van der Waals surface area contributed by atoms with Gasteiger partial charge in [-0.15, -0.1) is 0 Å². The quantitative estimate of drug-likeness (QED) is 0.618. The fourth-order valence-electron chi connectivity index (χ4n) is 2.42. The average Bonchev–Trinajstić information content (AvgIpc) is 2.51. The van der Waals surface area contributed by atoms with Crippen molar-refractivity contribution in [2.45, 2.75) is 25.4 Å². The topological polar surface area (TPSA) is 99.1 Å². The Labute approximate surface area is 142 Å². The molecule has 7 nitrogen and oxygen atoms in total. The summed E-state index contributed by atoms with van der Waals surface area (Å²) >= 11 is 0. The van der Waals surface area contributed by atoms with Gasteiger partial charge in [0.1, 0.15) is 5.71 Å². The summed E-state index contributed by atoms with van der Waals surface area (Å²) in [6.07, 6.45) is 0.515. The van der Waals surface area contributed by atoms with E-state index in [1.165, 1.54) is 33.9 Å². The molecule has 2 N–H and O–H groups in total. The number of hydrogen-bond acceptors (Lipinski definition) is 5. The second kappa shape index (κ2) is 6.90. The van der Waals surface area contributed by atoms with Crippen molar-refractivity contribution in [2.24, 2.45) is 11.1 Å². The van der Waals surface area contributed by atoms with E-state index in [1.807, 2.05) is 0 Å². The Morgan fingerprint density at radius 2 is 2.00 bits per heavy atom. The molecule has 25 heavy (non-hydrogen) atoms. The number of sulfonamides is 1. The van der Waals surface area contributed by atoms with Gasteiger partial charge in [0.25, 0.3) is 5.91 Å². The SMILES string of the molecule is CC1CCN(Cc2ccccc2NS(=O)(=O)C(F)(F)F)C(=O)/C1=N\O. The molecule has 0 radical (unpaired) electrons. The van der Waals surface area contributed by atoms with Crippen LogP contribution in [0.3, 0.4) is 0 Å². The maximum absolute atomic E-state index is 12.6. The maximum Gasteiger partial charge on any atom is 0.516 e. The highest BCUT2D eigenvalue weighted by molar-refractivity contribution is 7.93. The molecule has 1 amide bonds. The molecule has 1 atom stereocenters. The molecule has 1 aliphatic heterocycles. The minimum atomic E-state index is -5.57. The first-order valence-electron chi connectivity index (χ1n) is 7.25. The number of anilines is 1. The van der Waals surface area contributed by atoms with Crippen molar-refractivity contribution in [1.29, 1.82) is 0 Å². The van der Waals surface area contributed by atoms with Crippen molar-refractivity contribution in [3.8, 4) is 0 Å². The molecule has 0 saturated carbocycles. The summed E-state index contributed by atoms with van der Waals surface area (Å²) < 4.78 is 61.8. The molecule has 138 valence electrons. The molecule has 0 aliphatic carbocycles. The van der Waals surface area contributed by atoms with Crippen LogP contribution in [0, 0.1) is 5.92 Å². The second-order valence-electron chi connectivity index (χ2n) is 5.61. The monoisotopic (exact) mass is 379 g/mol. The van der Waals surface area contributed by atoms with Gasteiger partial charge in [-0.05, 0) is 18.1 Å². The smallest absolute Gasteiger partial charge is 0.410 e. The number of carbonyl (C=O) groups is 1. The summed E-state index contributed by atoms with van der Waals surface area (Å²) in [5, 5.41) is 11.9. The summed E-state index contributed by atoms with van der Waals surface area (Å²) in [4.78, 5) is 13.5. The Kier molecular flexibility index (Phi) is 5.26. The van der Waals surface area contributed by atoms with Gasteiger partial charge in [-0.3, -0.25) is 9.52 Å². The minimum absolute atomic E-state index is 0.0420. The van der Waals surface area contributed by atoms with E-state index in [0.717, 1.165) is 0 Å². The number of alkyl halides is 3. The van der Waals surface area contributed by atoms with Crippen LogP contribution in [0.25, 0.3) is 0 Å².